The lowest BCUT2D eigenvalue weighted by Crippen LogP contribution is -2.28. The Morgan fingerprint density at radius 2 is 2.11 bits per heavy atom. The van der Waals surface area contributed by atoms with Crippen molar-refractivity contribution in [2.75, 3.05) is 11.9 Å². The molecule has 0 unspecified atom stereocenters. The Balaban J connectivity index is 2.93. The zero-order valence-electron chi connectivity index (χ0n) is 9.27. The van der Waals surface area contributed by atoms with Gasteiger partial charge >= 0.3 is 6.36 Å². The Labute approximate surface area is 116 Å². The van der Waals surface area contributed by atoms with E-state index in [0.717, 1.165) is 0 Å². The van der Waals surface area contributed by atoms with E-state index in [-0.39, 0.29) is 16.5 Å². The van der Waals surface area contributed by atoms with E-state index in [1.165, 1.54) is 12.1 Å². The van der Waals surface area contributed by atoms with Crippen LogP contribution in [0.5, 0.6) is 5.75 Å². The van der Waals surface area contributed by atoms with Gasteiger partial charge in [-0.25, -0.2) is 0 Å². The van der Waals surface area contributed by atoms with Crippen molar-refractivity contribution in [2.24, 2.45) is 0 Å². The molecule has 0 aliphatic carbocycles. The van der Waals surface area contributed by atoms with E-state index in [4.69, 9.17) is 12.2 Å². The molecule has 1 aromatic rings. The van der Waals surface area contributed by atoms with Gasteiger partial charge in [-0.05, 0) is 37.3 Å². The maximum atomic E-state index is 12.2. The molecular weight excluding hydrogens is 333 g/mol. The predicted molar refractivity (Wildman–Crippen MR) is 70.7 cm³/mol. The highest BCUT2D eigenvalue weighted by Gasteiger charge is 2.32. The number of anilines is 1. The molecule has 8 heteroatoms. The Hall–Kier alpha value is -1.02. The second-order valence-electron chi connectivity index (χ2n) is 3.17. The summed E-state index contributed by atoms with van der Waals surface area (Å²) in [6.45, 7) is 2.39. The standard InChI is InChI=1S/C10H10BrF3N2OS/c1-2-15-9(18)16-7-4-3-6(11)5-8(7)17-10(12,13)14/h3-5H,2H2,1H3,(H2,15,16,18). The molecule has 0 heterocycles. The number of rotatable bonds is 3. The number of hydrogen-bond donors (Lipinski definition) is 2. The van der Waals surface area contributed by atoms with E-state index in [2.05, 4.69) is 31.3 Å². The van der Waals surface area contributed by atoms with Crippen molar-refractivity contribution in [2.45, 2.75) is 13.3 Å². The van der Waals surface area contributed by atoms with Crippen molar-refractivity contribution in [3.63, 3.8) is 0 Å². The van der Waals surface area contributed by atoms with Gasteiger partial charge < -0.3 is 15.4 Å². The zero-order valence-corrected chi connectivity index (χ0v) is 11.7. The molecule has 0 saturated carbocycles. The van der Waals surface area contributed by atoms with Crippen LogP contribution in [0.2, 0.25) is 0 Å². The molecular formula is C10H10BrF3N2OS. The van der Waals surface area contributed by atoms with Gasteiger partial charge in [0.2, 0.25) is 0 Å². The summed E-state index contributed by atoms with van der Waals surface area (Å²) in [5.74, 6) is -0.350. The van der Waals surface area contributed by atoms with Gasteiger partial charge in [0.15, 0.2) is 10.9 Å². The summed E-state index contributed by atoms with van der Waals surface area (Å²) in [5, 5.41) is 5.63. The van der Waals surface area contributed by atoms with Gasteiger partial charge in [-0.15, -0.1) is 13.2 Å². The van der Waals surface area contributed by atoms with Crippen molar-refractivity contribution < 1.29 is 17.9 Å². The van der Waals surface area contributed by atoms with Crippen LogP contribution < -0.4 is 15.4 Å². The first kappa shape index (κ1) is 15.0. The van der Waals surface area contributed by atoms with Gasteiger partial charge in [-0.3, -0.25) is 0 Å². The molecule has 0 saturated heterocycles. The minimum absolute atomic E-state index is 0.140. The number of halogens is 4. The van der Waals surface area contributed by atoms with Crippen molar-refractivity contribution in [3.05, 3.63) is 22.7 Å². The normalized spacial score (nSPS) is 10.9. The average Bonchev–Trinajstić information content (AvgIpc) is 2.20. The maximum Gasteiger partial charge on any atom is 0.573 e. The van der Waals surface area contributed by atoms with Crippen LogP contribution in [0.15, 0.2) is 22.7 Å². The fraction of sp³-hybridized carbons (Fsp3) is 0.300. The third-order valence-corrected chi connectivity index (χ3v) is 2.49. The molecule has 0 radical (unpaired) electrons. The first-order valence-electron chi connectivity index (χ1n) is 4.92. The van der Waals surface area contributed by atoms with Crippen molar-refractivity contribution >= 4 is 38.9 Å². The zero-order chi connectivity index (χ0) is 13.8. The topological polar surface area (TPSA) is 33.3 Å². The van der Waals surface area contributed by atoms with E-state index < -0.39 is 6.36 Å². The summed E-state index contributed by atoms with van der Waals surface area (Å²) >= 11 is 7.98. The van der Waals surface area contributed by atoms with Crippen LogP contribution in [0, 0.1) is 0 Å². The number of hydrogen-bond acceptors (Lipinski definition) is 2. The highest BCUT2D eigenvalue weighted by Crippen LogP contribution is 2.32. The van der Waals surface area contributed by atoms with Crippen LogP contribution in [0.25, 0.3) is 0 Å². The van der Waals surface area contributed by atoms with Crippen molar-refractivity contribution in [3.8, 4) is 5.75 Å². The molecule has 0 fully saturated rings. The number of alkyl halides is 3. The molecule has 1 aromatic carbocycles. The second kappa shape index (κ2) is 6.24. The van der Waals surface area contributed by atoms with Gasteiger partial charge in [0.05, 0.1) is 5.69 Å². The molecule has 3 nitrogen and oxygen atoms in total. The van der Waals surface area contributed by atoms with Crippen LogP contribution >= 0.6 is 28.1 Å². The lowest BCUT2D eigenvalue weighted by atomic mass is 10.3. The molecule has 0 aliphatic heterocycles. The van der Waals surface area contributed by atoms with Gasteiger partial charge in [0.25, 0.3) is 0 Å². The van der Waals surface area contributed by atoms with E-state index in [1.807, 2.05) is 6.92 Å². The largest absolute Gasteiger partial charge is 0.573 e. The molecule has 18 heavy (non-hydrogen) atoms. The van der Waals surface area contributed by atoms with Crippen LogP contribution in [-0.4, -0.2) is 18.0 Å². The second-order valence-corrected chi connectivity index (χ2v) is 4.50. The number of nitrogens with one attached hydrogen (secondary N) is 2. The molecule has 0 aromatic heterocycles. The lowest BCUT2D eigenvalue weighted by molar-refractivity contribution is -0.274. The van der Waals surface area contributed by atoms with Crippen molar-refractivity contribution in [1.29, 1.82) is 0 Å². The molecule has 0 spiro atoms. The summed E-state index contributed by atoms with van der Waals surface area (Å²) in [6, 6.07) is 4.24. The number of thiocarbonyl (C=S) groups is 1. The minimum atomic E-state index is -4.75. The molecule has 2 N–H and O–H groups in total. The van der Waals surface area contributed by atoms with Gasteiger partial charge in [0, 0.05) is 11.0 Å². The first-order valence-corrected chi connectivity index (χ1v) is 6.12. The predicted octanol–water partition coefficient (Wildman–Crippen LogP) is 3.65. The van der Waals surface area contributed by atoms with Crippen LogP contribution in [0.1, 0.15) is 6.92 Å². The van der Waals surface area contributed by atoms with E-state index >= 15 is 0 Å². The molecule has 0 aliphatic rings. The number of ether oxygens (including phenoxy) is 1. The van der Waals surface area contributed by atoms with Crippen molar-refractivity contribution in [1.82, 2.24) is 5.32 Å². The smallest absolute Gasteiger partial charge is 0.404 e. The van der Waals surface area contributed by atoms with E-state index in [9.17, 15) is 13.2 Å². The summed E-state index contributed by atoms with van der Waals surface area (Å²) in [6.07, 6.45) is -4.75. The third kappa shape index (κ3) is 5.09. The maximum absolute atomic E-state index is 12.2. The van der Waals surface area contributed by atoms with Crippen LogP contribution in [0.4, 0.5) is 18.9 Å². The summed E-state index contributed by atoms with van der Waals surface area (Å²) in [7, 11) is 0. The number of benzene rings is 1. The Kier molecular flexibility index (Phi) is 5.21. The Bertz CT molecular complexity index is 440. The van der Waals surface area contributed by atoms with E-state index in [1.54, 1.807) is 6.07 Å². The average molecular weight is 343 g/mol. The highest BCUT2D eigenvalue weighted by atomic mass is 79.9. The van der Waals surface area contributed by atoms with Crippen LogP contribution in [-0.2, 0) is 0 Å². The minimum Gasteiger partial charge on any atom is -0.404 e. The third-order valence-electron chi connectivity index (χ3n) is 1.75. The Morgan fingerprint density at radius 3 is 2.67 bits per heavy atom. The van der Waals surface area contributed by atoms with Gasteiger partial charge in [-0.1, -0.05) is 15.9 Å². The molecule has 0 atom stereocenters. The molecule has 0 amide bonds. The molecule has 100 valence electrons. The highest BCUT2D eigenvalue weighted by molar-refractivity contribution is 9.10. The summed E-state index contributed by atoms with van der Waals surface area (Å²) < 4.78 is 41.1. The SMILES string of the molecule is CCNC(=S)Nc1ccc(Br)cc1OC(F)(F)F. The summed E-state index contributed by atoms with van der Waals surface area (Å²) in [4.78, 5) is 0. The fourth-order valence-corrected chi connectivity index (χ4v) is 1.73. The molecule has 1 rings (SSSR count). The summed E-state index contributed by atoms with van der Waals surface area (Å²) in [5.41, 5.74) is 0.140. The van der Waals surface area contributed by atoms with Crippen LogP contribution in [0.3, 0.4) is 0 Å². The molecule has 0 bridgehead atoms. The monoisotopic (exact) mass is 342 g/mol. The Morgan fingerprint density at radius 1 is 1.44 bits per heavy atom. The quantitative estimate of drug-likeness (QED) is 0.821. The van der Waals surface area contributed by atoms with E-state index in [0.29, 0.717) is 11.0 Å². The lowest BCUT2D eigenvalue weighted by Gasteiger charge is -2.15. The van der Waals surface area contributed by atoms with Gasteiger partial charge in [-0.2, -0.15) is 0 Å². The first-order chi connectivity index (χ1) is 8.31. The fourth-order valence-electron chi connectivity index (χ4n) is 1.14. The van der Waals surface area contributed by atoms with Gasteiger partial charge in [0.1, 0.15) is 0 Å².